The lowest BCUT2D eigenvalue weighted by atomic mass is 10.8. The van der Waals surface area contributed by atoms with Gasteiger partial charge in [0.05, 0.1) is 0 Å². The van der Waals surface area contributed by atoms with E-state index in [4.69, 9.17) is 11.1 Å². The van der Waals surface area contributed by atoms with Crippen LogP contribution < -0.4 is 0 Å². The summed E-state index contributed by atoms with van der Waals surface area (Å²) >= 11 is 5.37. The first-order valence-corrected chi connectivity index (χ1v) is 4.72. The maximum atomic E-state index is 5.37. The van der Waals surface area contributed by atoms with Gasteiger partial charge in [0, 0.05) is 0 Å². The Bertz CT molecular complexity index is 32.0. The minimum atomic E-state index is -0.232. The summed E-state index contributed by atoms with van der Waals surface area (Å²) in [4.78, 5) is 0. The van der Waals surface area contributed by atoms with Gasteiger partial charge in [0.15, 0.2) is 0 Å². The molecule has 0 heterocycles. The van der Waals surface area contributed by atoms with Crippen LogP contribution in [-0.4, -0.2) is 8.83 Å². The predicted molar refractivity (Wildman–Crippen MR) is 31.9 cm³/mol. The van der Waals surface area contributed by atoms with E-state index in [9.17, 15) is 0 Å². The van der Waals surface area contributed by atoms with Crippen LogP contribution in [0.15, 0.2) is 12.7 Å². The highest BCUT2D eigenvalue weighted by atomic mass is 35.6. The van der Waals surface area contributed by atoms with Crippen LogP contribution in [0.4, 0.5) is 4.70 Å². The van der Waals surface area contributed by atoms with Crippen LogP contribution in [0.3, 0.4) is 0 Å². The quantitative estimate of drug-likeness (QED) is 0.295. The second-order valence-corrected chi connectivity index (χ2v) is 2.86. The Labute approximate surface area is 44.1 Å². The third-order valence-electron chi connectivity index (χ3n) is 0.313. The molecule has 0 aliphatic rings. The second kappa shape index (κ2) is 8.95. The number of hydrogen-bond acceptors (Lipinski definition) is 0. The van der Waals surface area contributed by atoms with E-state index in [0.717, 1.165) is 6.04 Å². The molecule has 0 fully saturated rings. The summed E-state index contributed by atoms with van der Waals surface area (Å²) in [5.41, 5.74) is 0. The molecule has 6 heavy (non-hydrogen) atoms. The largest absolute Gasteiger partial charge is 0.269 e. The molecule has 0 aliphatic carbocycles. The minimum absolute atomic E-state index is 0. The molecular weight excluding hydrogens is 119 g/mol. The number of rotatable bonds is 2. The van der Waals surface area contributed by atoms with Crippen molar-refractivity contribution < 1.29 is 4.70 Å². The fourth-order valence-electron chi connectivity index (χ4n) is 0.0772. The third kappa shape index (κ3) is 8.90. The van der Waals surface area contributed by atoms with Gasteiger partial charge in [0.25, 0.3) is 0 Å². The van der Waals surface area contributed by atoms with Crippen LogP contribution in [0, 0.1) is 0 Å². The molecule has 0 atom stereocenters. The molecule has 3 heteroatoms. The van der Waals surface area contributed by atoms with Gasteiger partial charge in [-0.25, -0.2) is 0 Å². The molecule has 0 unspecified atom stereocenters. The molecular formula is C3H8ClFSi. The van der Waals surface area contributed by atoms with Crippen LogP contribution >= 0.6 is 11.1 Å². The lowest BCUT2D eigenvalue weighted by Crippen LogP contribution is -1.64. The summed E-state index contributed by atoms with van der Waals surface area (Å²) in [6, 6.07) is 1.06. The van der Waals surface area contributed by atoms with Crippen molar-refractivity contribution in [2.75, 3.05) is 0 Å². The molecule has 0 rings (SSSR count). The monoisotopic (exact) mass is 126 g/mol. The van der Waals surface area contributed by atoms with Crippen molar-refractivity contribution in [1.82, 2.24) is 0 Å². The van der Waals surface area contributed by atoms with E-state index in [2.05, 4.69) is 6.58 Å². The van der Waals surface area contributed by atoms with E-state index in [-0.39, 0.29) is 13.5 Å². The van der Waals surface area contributed by atoms with Gasteiger partial charge in [-0.15, -0.1) is 6.58 Å². The highest BCUT2D eigenvalue weighted by Gasteiger charge is 1.66. The summed E-state index contributed by atoms with van der Waals surface area (Å²) < 4.78 is 0. The standard InChI is InChI=1S/C3H7ClSi.FH/c1-2-3-5-4;/h2H,1,3,5H2;1H. The first kappa shape index (κ1) is 9.49. The maximum absolute atomic E-state index is 5.37. The van der Waals surface area contributed by atoms with E-state index in [1.807, 2.05) is 6.08 Å². The highest BCUT2D eigenvalue weighted by Crippen LogP contribution is 1.78. The van der Waals surface area contributed by atoms with Crippen LogP contribution in [0.1, 0.15) is 0 Å². The first-order chi connectivity index (χ1) is 2.41. The van der Waals surface area contributed by atoms with Gasteiger partial charge in [-0.05, 0) is 6.04 Å². The second-order valence-electron chi connectivity index (χ2n) is 0.766. The summed E-state index contributed by atoms with van der Waals surface area (Å²) in [5.74, 6) is 0. The normalized spacial score (nSPS) is 8.17. The smallest absolute Gasteiger partial charge is 0.129 e. The zero-order chi connectivity index (χ0) is 4.12. The van der Waals surface area contributed by atoms with Gasteiger partial charge in [0.1, 0.15) is 8.83 Å². The predicted octanol–water partition coefficient (Wildman–Crippen LogP) is 1.07. The van der Waals surface area contributed by atoms with Crippen molar-refractivity contribution >= 4 is 19.9 Å². The average molecular weight is 127 g/mol. The molecule has 0 aliphatic heterocycles. The van der Waals surface area contributed by atoms with E-state index in [1.54, 1.807) is 0 Å². The van der Waals surface area contributed by atoms with Crippen molar-refractivity contribution in [2.24, 2.45) is 0 Å². The Morgan fingerprint density at radius 1 is 1.83 bits per heavy atom. The molecule has 38 valence electrons. The number of hydrogen-bond donors (Lipinski definition) is 0. The van der Waals surface area contributed by atoms with E-state index >= 15 is 0 Å². The third-order valence-corrected chi connectivity index (χ3v) is 1.59. The van der Waals surface area contributed by atoms with Gasteiger partial charge in [0.2, 0.25) is 0 Å². The summed E-state index contributed by atoms with van der Waals surface area (Å²) in [6.45, 7) is 3.50. The summed E-state index contributed by atoms with van der Waals surface area (Å²) in [7, 11) is -0.232. The number of halogens is 2. The van der Waals surface area contributed by atoms with Crippen molar-refractivity contribution in [3.63, 3.8) is 0 Å². The van der Waals surface area contributed by atoms with Gasteiger partial charge in [-0.1, -0.05) is 6.08 Å². The molecule has 0 saturated heterocycles. The van der Waals surface area contributed by atoms with E-state index in [0.29, 0.717) is 0 Å². The molecule has 0 N–H and O–H groups in total. The maximum Gasteiger partial charge on any atom is 0.129 e. The zero-order valence-electron chi connectivity index (χ0n) is 3.48. The molecule has 0 bridgehead atoms. The first-order valence-electron chi connectivity index (χ1n) is 1.58. The van der Waals surface area contributed by atoms with E-state index < -0.39 is 0 Å². The Morgan fingerprint density at radius 2 is 2.33 bits per heavy atom. The van der Waals surface area contributed by atoms with Crippen molar-refractivity contribution in [3.8, 4) is 0 Å². The molecule has 0 aromatic carbocycles. The molecule has 0 spiro atoms. The van der Waals surface area contributed by atoms with Crippen LogP contribution in [0.5, 0.6) is 0 Å². The summed E-state index contributed by atoms with van der Waals surface area (Å²) in [5, 5.41) is 0. The SMILES string of the molecule is C=CC[SiH2]Cl.F. The van der Waals surface area contributed by atoms with Crippen molar-refractivity contribution in [3.05, 3.63) is 12.7 Å². The molecule has 0 saturated carbocycles. The fourth-order valence-corrected chi connectivity index (χ4v) is 0.694. The Balaban J connectivity index is 0. The lowest BCUT2D eigenvalue weighted by Gasteiger charge is -1.68. The van der Waals surface area contributed by atoms with Gasteiger partial charge in [-0.3, -0.25) is 4.70 Å². The Morgan fingerprint density at radius 3 is 2.33 bits per heavy atom. The molecule has 0 amide bonds. The van der Waals surface area contributed by atoms with Gasteiger partial charge >= 0.3 is 0 Å². The fraction of sp³-hybridized carbons (Fsp3) is 0.333. The molecule has 0 aromatic rings. The van der Waals surface area contributed by atoms with Crippen LogP contribution in [0.25, 0.3) is 0 Å². The lowest BCUT2D eigenvalue weighted by molar-refractivity contribution is 1.11. The molecule has 0 nitrogen and oxygen atoms in total. The van der Waals surface area contributed by atoms with Crippen molar-refractivity contribution in [2.45, 2.75) is 6.04 Å². The zero-order valence-corrected chi connectivity index (χ0v) is 5.66. The van der Waals surface area contributed by atoms with Crippen molar-refractivity contribution in [1.29, 1.82) is 0 Å². The topological polar surface area (TPSA) is 0 Å². The van der Waals surface area contributed by atoms with Gasteiger partial charge < -0.3 is 0 Å². The van der Waals surface area contributed by atoms with E-state index in [1.165, 1.54) is 0 Å². The number of allylic oxidation sites excluding steroid dienone is 1. The average Bonchev–Trinajstić information content (AvgIpc) is 1.41. The van der Waals surface area contributed by atoms with Gasteiger partial charge in [-0.2, -0.15) is 11.1 Å². The Hall–Kier alpha value is 0.177. The molecule has 0 radical (unpaired) electrons. The highest BCUT2D eigenvalue weighted by molar-refractivity contribution is 6.93. The minimum Gasteiger partial charge on any atom is -0.269 e. The van der Waals surface area contributed by atoms with Crippen LogP contribution in [0.2, 0.25) is 6.04 Å². The van der Waals surface area contributed by atoms with Crippen LogP contribution in [-0.2, 0) is 0 Å². The Kier molecular flexibility index (Phi) is 14.2. The summed E-state index contributed by atoms with van der Waals surface area (Å²) in [6.07, 6.45) is 1.86. The molecule has 0 aromatic heterocycles.